The van der Waals surface area contributed by atoms with E-state index in [9.17, 15) is 9.18 Å². The molecule has 1 aromatic rings. The van der Waals surface area contributed by atoms with Crippen LogP contribution < -0.4 is 0 Å². The largest absolute Gasteiger partial charge is 0.396 e. The third kappa shape index (κ3) is 4.39. The zero-order valence-corrected chi connectivity index (χ0v) is 11.7. The van der Waals surface area contributed by atoms with Gasteiger partial charge in [-0.2, -0.15) is 0 Å². The Labute approximate surface area is 119 Å². The van der Waals surface area contributed by atoms with Crippen molar-refractivity contribution in [1.82, 2.24) is 4.90 Å². The fourth-order valence-corrected chi connectivity index (χ4v) is 2.87. The van der Waals surface area contributed by atoms with E-state index >= 15 is 0 Å². The first-order valence-electron chi connectivity index (χ1n) is 7.27. The molecule has 1 aliphatic heterocycles. The zero-order valence-electron chi connectivity index (χ0n) is 11.7. The lowest BCUT2D eigenvalue weighted by atomic mass is 9.95. The van der Waals surface area contributed by atoms with E-state index in [1.54, 1.807) is 18.2 Å². The molecule has 0 saturated carbocycles. The summed E-state index contributed by atoms with van der Waals surface area (Å²) in [5.41, 5.74) is 0.474. The molecule has 0 radical (unpaired) electrons. The van der Waals surface area contributed by atoms with E-state index in [4.69, 9.17) is 5.11 Å². The summed E-state index contributed by atoms with van der Waals surface area (Å²) in [6, 6.07) is 6.44. The van der Waals surface area contributed by atoms with Crippen molar-refractivity contribution in [3.05, 3.63) is 35.6 Å². The van der Waals surface area contributed by atoms with Crippen molar-refractivity contribution in [2.24, 2.45) is 5.92 Å². The average Bonchev–Trinajstić information content (AvgIpc) is 2.42. The van der Waals surface area contributed by atoms with Crippen molar-refractivity contribution >= 4 is 5.78 Å². The van der Waals surface area contributed by atoms with Crippen LogP contribution in [0.15, 0.2) is 24.3 Å². The van der Waals surface area contributed by atoms with Crippen LogP contribution in [-0.4, -0.2) is 42.0 Å². The van der Waals surface area contributed by atoms with E-state index in [-0.39, 0.29) is 24.6 Å². The summed E-state index contributed by atoms with van der Waals surface area (Å²) in [6.07, 6.45) is 3.15. The Hall–Kier alpha value is -1.26. The fraction of sp³-hybridized carbons (Fsp3) is 0.562. The minimum atomic E-state index is -0.308. The van der Waals surface area contributed by atoms with Gasteiger partial charge in [0.25, 0.3) is 0 Å². The number of Topliss-reactive ketones (excluding diaryl/α,β-unsaturated/α-hetero) is 1. The summed E-state index contributed by atoms with van der Waals surface area (Å²) in [5, 5.41) is 8.98. The molecule has 0 aromatic heterocycles. The molecule has 1 fully saturated rings. The smallest absolute Gasteiger partial charge is 0.151 e. The molecular formula is C16H22FNO2. The molecule has 2 rings (SSSR count). The van der Waals surface area contributed by atoms with Crippen LogP contribution in [0.4, 0.5) is 4.39 Å². The molecule has 1 aliphatic rings. The quantitative estimate of drug-likeness (QED) is 0.866. The van der Waals surface area contributed by atoms with Gasteiger partial charge in [0, 0.05) is 19.6 Å². The van der Waals surface area contributed by atoms with Gasteiger partial charge in [0.15, 0.2) is 5.78 Å². The molecular weight excluding hydrogens is 257 g/mol. The zero-order chi connectivity index (χ0) is 14.4. The number of hydrogen-bond donors (Lipinski definition) is 1. The van der Waals surface area contributed by atoms with Crippen LogP contribution in [0, 0.1) is 11.7 Å². The van der Waals surface area contributed by atoms with Gasteiger partial charge in [0.2, 0.25) is 0 Å². The van der Waals surface area contributed by atoms with Gasteiger partial charge in [0.05, 0.1) is 6.54 Å². The minimum absolute atomic E-state index is 0.0553. The Bertz CT molecular complexity index is 448. The molecule has 110 valence electrons. The van der Waals surface area contributed by atoms with E-state index in [0.717, 1.165) is 32.4 Å². The van der Waals surface area contributed by atoms with Gasteiger partial charge in [-0.15, -0.1) is 0 Å². The number of halogens is 1. The standard InChI is InChI=1S/C16H22FNO2/c17-16-6-2-1-5-14(16)10-15(20)12-18-8-3-4-13(11-18)7-9-19/h1-2,5-6,13,19H,3-4,7-12H2. The Morgan fingerprint density at radius 1 is 1.40 bits per heavy atom. The fourth-order valence-electron chi connectivity index (χ4n) is 2.87. The molecule has 0 spiro atoms. The van der Waals surface area contributed by atoms with Crippen molar-refractivity contribution in [2.75, 3.05) is 26.2 Å². The number of aliphatic hydroxyl groups is 1. The molecule has 1 unspecified atom stereocenters. The second-order valence-corrected chi connectivity index (χ2v) is 5.56. The summed E-state index contributed by atoms with van der Waals surface area (Å²) in [5.74, 6) is 0.229. The van der Waals surface area contributed by atoms with E-state index in [0.29, 0.717) is 18.0 Å². The predicted octanol–water partition coefficient (Wildman–Crippen LogP) is 2.03. The summed E-state index contributed by atoms with van der Waals surface area (Å²) in [7, 11) is 0. The molecule has 4 heteroatoms. The summed E-state index contributed by atoms with van der Waals surface area (Å²) >= 11 is 0. The number of carbonyl (C=O) groups is 1. The van der Waals surface area contributed by atoms with Crippen LogP contribution in [0.3, 0.4) is 0 Å². The molecule has 1 aromatic carbocycles. The maximum Gasteiger partial charge on any atom is 0.151 e. The summed E-state index contributed by atoms with van der Waals surface area (Å²) in [4.78, 5) is 14.2. The lowest BCUT2D eigenvalue weighted by molar-refractivity contribution is -0.120. The van der Waals surface area contributed by atoms with Gasteiger partial charge in [0.1, 0.15) is 5.82 Å². The first-order valence-corrected chi connectivity index (χ1v) is 7.27. The number of carbonyl (C=O) groups excluding carboxylic acids is 1. The van der Waals surface area contributed by atoms with Crippen molar-refractivity contribution < 1.29 is 14.3 Å². The molecule has 0 bridgehead atoms. The van der Waals surface area contributed by atoms with E-state index < -0.39 is 0 Å². The van der Waals surface area contributed by atoms with Crippen LogP contribution in [0.25, 0.3) is 0 Å². The van der Waals surface area contributed by atoms with Crippen LogP contribution in [0.2, 0.25) is 0 Å². The molecule has 1 heterocycles. The van der Waals surface area contributed by atoms with Crippen LogP contribution in [-0.2, 0) is 11.2 Å². The second kappa shape index (κ2) is 7.50. The number of aliphatic hydroxyl groups excluding tert-OH is 1. The van der Waals surface area contributed by atoms with Crippen LogP contribution >= 0.6 is 0 Å². The number of rotatable bonds is 6. The molecule has 1 atom stereocenters. The Morgan fingerprint density at radius 3 is 2.95 bits per heavy atom. The van der Waals surface area contributed by atoms with Gasteiger partial charge in [-0.1, -0.05) is 18.2 Å². The van der Waals surface area contributed by atoms with E-state index in [2.05, 4.69) is 4.90 Å². The highest BCUT2D eigenvalue weighted by Crippen LogP contribution is 2.19. The Kier molecular flexibility index (Phi) is 5.68. The highest BCUT2D eigenvalue weighted by atomic mass is 19.1. The molecule has 20 heavy (non-hydrogen) atoms. The minimum Gasteiger partial charge on any atom is -0.396 e. The second-order valence-electron chi connectivity index (χ2n) is 5.56. The van der Waals surface area contributed by atoms with Gasteiger partial charge in [-0.25, -0.2) is 4.39 Å². The lowest BCUT2D eigenvalue weighted by Crippen LogP contribution is -2.39. The maximum absolute atomic E-state index is 13.5. The van der Waals surface area contributed by atoms with Gasteiger partial charge in [-0.05, 0) is 43.4 Å². The molecule has 0 aliphatic carbocycles. The third-order valence-electron chi connectivity index (χ3n) is 3.89. The Balaban J connectivity index is 1.84. The number of ketones is 1. The lowest BCUT2D eigenvalue weighted by Gasteiger charge is -2.31. The van der Waals surface area contributed by atoms with Crippen molar-refractivity contribution in [3.63, 3.8) is 0 Å². The summed E-state index contributed by atoms with van der Waals surface area (Å²) in [6.45, 7) is 2.38. The molecule has 1 N–H and O–H groups in total. The number of piperidine rings is 1. The average molecular weight is 279 g/mol. The van der Waals surface area contributed by atoms with E-state index in [1.165, 1.54) is 6.07 Å². The van der Waals surface area contributed by atoms with Gasteiger partial charge < -0.3 is 5.11 Å². The van der Waals surface area contributed by atoms with Gasteiger partial charge in [-0.3, -0.25) is 9.69 Å². The SMILES string of the molecule is O=C(Cc1ccccc1F)CN1CCCC(CCO)C1. The normalized spacial score (nSPS) is 20.0. The number of nitrogens with zero attached hydrogens (tertiary/aromatic N) is 1. The van der Waals surface area contributed by atoms with Crippen LogP contribution in [0.5, 0.6) is 0 Å². The van der Waals surface area contributed by atoms with Crippen molar-refractivity contribution in [1.29, 1.82) is 0 Å². The molecule has 1 saturated heterocycles. The number of likely N-dealkylation sites (tertiary alicyclic amines) is 1. The topological polar surface area (TPSA) is 40.5 Å². The molecule has 3 nitrogen and oxygen atoms in total. The number of hydrogen-bond acceptors (Lipinski definition) is 3. The Morgan fingerprint density at radius 2 is 2.20 bits per heavy atom. The summed E-state index contributed by atoms with van der Waals surface area (Å²) < 4.78 is 13.5. The number of benzene rings is 1. The van der Waals surface area contributed by atoms with Crippen molar-refractivity contribution in [2.45, 2.75) is 25.7 Å². The first kappa shape index (κ1) is 15.1. The van der Waals surface area contributed by atoms with Gasteiger partial charge >= 0.3 is 0 Å². The van der Waals surface area contributed by atoms with Crippen LogP contribution in [0.1, 0.15) is 24.8 Å². The predicted molar refractivity (Wildman–Crippen MR) is 76.0 cm³/mol. The van der Waals surface area contributed by atoms with E-state index in [1.807, 2.05) is 0 Å². The maximum atomic E-state index is 13.5. The highest BCUT2D eigenvalue weighted by Gasteiger charge is 2.21. The van der Waals surface area contributed by atoms with Crippen molar-refractivity contribution in [3.8, 4) is 0 Å². The third-order valence-corrected chi connectivity index (χ3v) is 3.89. The highest BCUT2D eigenvalue weighted by molar-refractivity contribution is 5.82. The first-order chi connectivity index (χ1) is 9.69. The monoisotopic (exact) mass is 279 g/mol. The molecule has 0 amide bonds.